The van der Waals surface area contributed by atoms with Crippen molar-refractivity contribution in [3.05, 3.63) is 224 Å². The second-order valence-electron chi connectivity index (χ2n) is 17.2. The molecule has 67 heavy (non-hydrogen) atoms. The third-order valence-corrected chi connectivity index (χ3v) is 13.3. The maximum Gasteiger partial charge on any atom is 0.164 e. The summed E-state index contributed by atoms with van der Waals surface area (Å²) in [5.74, 6) is 1.78. The lowest BCUT2D eigenvalue weighted by atomic mass is 9.94. The fraction of sp³-hybridized carbons (Fsp3) is 0. The van der Waals surface area contributed by atoms with Gasteiger partial charge in [-0.2, -0.15) is 0 Å². The van der Waals surface area contributed by atoms with Gasteiger partial charge in [0.05, 0.1) is 22.1 Å². The molecule has 0 spiro atoms. The normalized spacial score (nSPS) is 11.9. The number of rotatable bonds is 6. The van der Waals surface area contributed by atoms with Crippen molar-refractivity contribution in [1.82, 2.24) is 24.1 Å². The maximum atomic E-state index is 6.52. The molecule has 4 aromatic heterocycles. The zero-order valence-corrected chi connectivity index (χ0v) is 36.0. The lowest BCUT2D eigenvalue weighted by molar-refractivity contribution is 0.669. The van der Waals surface area contributed by atoms with Crippen molar-refractivity contribution in [1.29, 1.82) is 0 Å². The number of hydrogen-bond donors (Lipinski definition) is 0. The molecule has 0 saturated carbocycles. The first-order chi connectivity index (χ1) is 33.2. The molecule has 312 valence electrons. The van der Waals surface area contributed by atoms with E-state index in [-0.39, 0.29) is 0 Å². The fourth-order valence-electron chi connectivity index (χ4n) is 10.3. The minimum absolute atomic E-state index is 0.579. The number of nitrogens with zero attached hydrogens (tertiary/aromatic N) is 5. The van der Waals surface area contributed by atoms with E-state index < -0.39 is 0 Å². The molecule has 0 N–H and O–H groups in total. The van der Waals surface area contributed by atoms with E-state index in [9.17, 15) is 0 Å². The summed E-state index contributed by atoms with van der Waals surface area (Å²) in [5, 5.41) is 9.21. The Hall–Kier alpha value is -9.13. The molecule has 4 heterocycles. The molecule has 6 nitrogen and oxygen atoms in total. The van der Waals surface area contributed by atoms with Crippen LogP contribution in [0.25, 0.3) is 133 Å². The topological polar surface area (TPSA) is 61.7 Å². The molecule has 0 aliphatic rings. The van der Waals surface area contributed by atoms with E-state index in [1.165, 1.54) is 21.5 Å². The van der Waals surface area contributed by atoms with Crippen molar-refractivity contribution in [3.63, 3.8) is 0 Å². The van der Waals surface area contributed by atoms with Crippen LogP contribution in [-0.4, -0.2) is 24.1 Å². The van der Waals surface area contributed by atoms with Gasteiger partial charge in [0.25, 0.3) is 0 Å². The quantitative estimate of drug-likeness (QED) is 0.167. The molecule has 0 radical (unpaired) electrons. The molecule has 0 aliphatic carbocycles. The third-order valence-electron chi connectivity index (χ3n) is 13.3. The largest absolute Gasteiger partial charge is 0.456 e. The van der Waals surface area contributed by atoms with Gasteiger partial charge in [0.2, 0.25) is 0 Å². The van der Waals surface area contributed by atoms with E-state index in [1.54, 1.807) is 0 Å². The van der Waals surface area contributed by atoms with Gasteiger partial charge in [-0.05, 0) is 107 Å². The monoisotopic (exact) mass is 855 g/mol. The Bertz CT molecular complexity index is 4280. The number of aromatic nitrogens is 5. The van der Waals surface area contributed by atoms with Gasteiger partial charge in [0, 0.05) is 60.4 Å². The summed E-state index contributed by atoms with van der Waals surface area (Å²) >= 11 is 0. The number of furan rings is 1. The molecule has 14 rings (SSSR count). The lowest BCUT2D eigenvalue weighted by Crippen LogP contribution is -2.02. The van der Waals surface area contributed by atoms with Crippen LogP contribution < -0.4 is 0 Å². The highest BCUT2D eigenvalue weighted by Crippen LogP contribution is 2.43. The predicted octanol–water partition coefficient (Wildman–Crippen LogP) is 15.8. The molecule has 0 amide bonds. The van der Waals surface area contributed by atoms with Gasteiger partial charge in [-0.15, -0.1) is 0 Å². The van der Waals surface area contributed by atoms with E-state index in [0.717, 1.165) is 94.0 Å². The number of fused-ring (bicyclic) bond motifs is 10. The van der Waals surface area contributed by atoms with Crippen molar-refractivity contribution < 1.29 is 4.42 Å². The van der Waals surface area contributed by atoms with Crippen LogP contribution in [0.2, 0.25) is 0 Å². The average molecular weight is 856 g/mol. The van der Waals surface area contributed by atoms with E-state index in [4.69, 9.17) is 19.4 Å². The first-order valence-electron chi connectivity index (χ1n) is 22.6. The van der Waals surface area contributed by atoms with Crippen LogP contribution in [0.3, 0.4) is 0 Å². The summed E-state index contributed by atoms with van der Waals surface area (Å²) in [5.41, 5.74) is 13.1. The Balaban J connectivity index is 1.04. The van der Waals surface area contributed by atoms with E-state index >= 15 is 0 Å². The van der Waals surface area contributed by atoms with Crippen LogP contribution in [-0.2, 0) is 0 Å². The Morgan fingerprint density at radius 2 is 0.881 bits per heavy atom. The molecule has 0 bridgehead atoms. The summed E-state index contributed by atoms with van der Waals surface area (Å²) in [7, 11) is 0. The Morgan fingerprint density at radius 1 is 0.299 bits per heavy atom. The smallest absolute Gasteiger partial charge is 0.164 e. The minimum Gasteiger partial charge on any atom is -0.456 e. The summed E-state index contributed by atoms with van der Waals surface area (Å²) < 4.78 is 11.2. The zero-order valence-electron chi connectivity index (χ0n) is 36.0. The van der Waals surface area contributed by atoms with Crippen molar-refractivity contribution >= 4 is 76.3 Å². The van der Waals surface area contributed by atoms with Crippen molar-refractivity contribution in [3.8, 4) is 56.7 Å². The summed E-state index contributed by atoms with van der Waals surface area (Å²) in [6, 6.07) is 79.2. The zero-order chi connectivity index (χ0) is 44.0. The van der Waals surface area contributed by atoms with E-state index in [2.05, 4.69) is 203 Å². The van der Waals surface area contributed by atoms with Crippen molar-refractivity contribution in [2.75, 3.05) is 0 Å². The standard InChI is InChI=1S/C61H37N5O/c1-3-16-38(17-4-1)59-62-60(41-30-33-54-50(35-41)44-22-9-12-26-52(44)65(54)42-20-5-2-6-21-42)64-61(63-59)47-32-31-43(37-49(47)46-25-15-29-57-58(46)48-24-11-14-28-56(48)67-57)66-53-27-13-10-23-45(53)51-34-39-18-7-8-19-40(39)36-55(51)66/h1-37H. The number of benzene rings is 10. The van der Waals surface area contributed by atoms with Gasteiger partial charge in [-0.3, -0.25) is 0 Å². The van der Waals surface area contributed by atoms with Gasteiger partial charge < -0.3 is 13.6 Å². The molecule has 0 fully saturated rings. The Kier molecular flexibility index (Phi) is 8.18. The second kappa shape index (κ2) is 14.7. The fourth-order valence-corrected chi connectivity index (χ4v) is 10.3. The molecular formula is C61H37N5O. The van der Waals surface area contributed by atoms with Crippen LogP contribution in [0.4, 0.5) is 0 Å². The predicted molar refractivity (Wildman–Crippen MR) is 275 cm³/mol. The number of hydrogen-bond acceptors (Lipinski definition) is 4. The molecule has 14 aromatic rings. The van der Waals surface area contributed by atoms with Crippen LogP contribution in [0.15, 0.2) is 229 Å². The number of para-hydroxylation sites is 4. The van der Waals surface area contributed by atoms with Gasteiger partial charge in [0.15, 0.2) is 17.5 Å². The SMILES string of the molecule is c1ccc(-c2nc(-c3ccc4c(c3)c3ccccc3n4-c3ccccc3)nc(-c3ccc(-n4c5ccccc5c5cc6ccccc6cc54)cc3-c3cccc4oc5ccccc5c34)n2)cc1. The lowest BCUT2D eigenvalue weighted by Gasteiger charge is -2.16. The highest BCUT2D eigenvalue weighted by Gasteiger charge is 2.23. The summed E-state index contributed by atoms with van der Waals surface area (Å²) in [4.78, 5) is 16.0. The Morgan fingerprint density at radius 3 is 1.66 bits per heavy atom. The highest BCUT2D eigenvalue weighted by atomic mass is 16.3. The average Bonchev–Trinajstić information content (AvgIpc) is 4.05. The third kappa shape index (κ3) is 5.86. The van der Waals surface area contributed by atoms with Crippen LogP contribution in [0.5, 0.6) is 0 Å². The second-order valence-corrected chi connectivity index (χ2v) is 17.2. The van der Waals surface area contributed by atoms with Crippen LogP contribution >= 0.6 is 0 Å². The summed E-state index contributed by atoms with van der Waals surface area (Å²) in [6.45, 7) is 0. The molecular weight excluding hydrogens is 819 g/mol. The maximum absolute atomic E-state index is 6.52. The van der Waals surface area contributed by atoms with Crippen molar-refractivity contribution in [2.45, 2.75) is 0 Å². The molecule has 0 atom stereocenters. The molecule has 0 aliphatic heterocycles. The van der Waals surface area contributed by atoms with Gasteiger partial charge in [-0.1, -0.05) is 140 Å². The first-order valence-corrected chi connectivity index (χ1v) is 22.6. The van der Waals surface area contributed by atoms with Crippen LogP contribution in [0.1, 0.15) is 0 Å². The molecule has 6 heteroatoms. The first kappa shape index (κ1) is 37.3. The highest BCUT2D eigenvalue weighted by molar-refractivity contribution is 6.16. The molecule has 0 unspecified atom stereocenters. The van der Waals surface area contributed by atoms with Gasteiger partial charge in [0.1, 0.15) is 11.2 Å². The van der Waals surface area contributed by atoms with Gasteiger partial charge in [-0.25, -0.2) is 15.0 Å². The molecule has 10 aromatic carbocycles. The van der Waals surface area contributed by atoms with E-state index in [0.29, 0.717) is 17.5 Å². The minimum atomic E-state index is 0.579. The van der Waals surface area contributed by atoms with Crippen molar-refractivity contribution in [2.24, 2.45) is 0 Å². The summed E-state index contributed by atoms with van der Waals surface area (Å²) in [6.07, 6.45) is 0. The molecule has 0 saturated heterocycles. The van der Waals surface area contributed by atoms with Crippen LogP contribution in [0, 0.1) is 0 Å². The van der Waals surface area contributed by atoms with Gasteiger partial charge >= 0.3 is 0 Å². The van der Waals surface area contributed by atoms with E-state index in [1.807, 2.05) is 30.3 Å². The Labute approximate surface area is 384 Å².